The monoisotopic (exact) mass is 426 g/mol. The zero-order valence-electron chi connectivity index (χ0n) is 16.2. The average molecular weight is 426 g/mol. The summed E-state index contributed by atoms with van der Waals surface area (Å²) >= 11 is 1.12. The fourth-order valence-electron chi connectivity index (χ4n) is 2.67. The number of anilines is 1. The first-order valence-corrected chi connectivity index (χ1v) is 10.1. The van der Waals surface area contributed by atoms with Crippen molar-refractivity contribution in [3.8, 4) is 11.8 Å². The van der Waals surface area contributed by atoms with Crippen LogP contribution in [-0.4, -0.2) is 35.5 Å². The molecular weight excluding hydrogens is 407 g/mol. The first-order chi connectivity index (χ1) is 14.6. The summed E-state index contributed by atoms with van der Waals surface area (Å²) in [6, 6.07) is 15.1. The van der Waals surface area contributed by atoms with Gasteiger partial charge in [0.15, 0.2) is 0 Å². The Kier molecular flexibility index (Phi) is 7.40. The second-order valence-electron chi connectivity index (χ2n) is 6.21. The molecular formula is C21H19FN4O3S. The number of ether oxygens (including phenoxy) is 1. The van der Waals surface area contributed by atoms with E-state index in [0.717, 1.165) is 23.1 Å². The van der Waals surface area contributed by atoms with Crippen molar-refractivity contribution in [3.63, 3.8) is 0 Å². The van der Waals surface area contributed by atoms with Crippen molar-refractivity contribution in [2.45, 2.75) is 18.1 Å². The van der Waals surface area contributed by atoms with E-state index in [1.165, 1.54) is 29.2 Å². The first kappa shape index (κ1) is 21.3. The number of carbonyl (C=O) groups is 1. The number of hydrogen-bond acceptors (Lipinski definition) is 7. The molecule has 0 N–H and O–H groups in total. The van der Waals surface area contributed by atoms with Crippen molar-refractivity contribution >= 4 is 23.4 Å². The van der Waals surface area contributed by atoms with E-state index >= 15 is 0 Å². The molecule has 3 aromatic rings. The summed E-state index contributed by atoms with van der Waals surface area (Å²) in [6.45, 7) is 0.216. The van der Waals surface area contributed by atoms with E-state index in [1.54, 1.807) is 7.11 Å². The van der Waals surface area contributed by atoms with Crippen molar-refractivity contribution in [2.24, 2.45) is 0 Å². The summed E-state index contributed by atoms with van der Waals surface area (Å²) in [6.07, 6.45) is 0.635. The van der Waals surface area contributed by atoms with E-state index in [9.17, 15) is 9.18 Å². The number of halogens is 1. The molecule has 0 unspecified atom stereocenters. The lowest BCUT2D eigenvalue weighted by molar-refractivity contribution is -0.116. The zero-order chi connectivity index (χ0) is 21.3. The Balaban J connectivity index is 1.59. The molecule has 0 saturated heterocycles. The third-order valence-corrected chi connectivity index (χ3v) is 4.97. The van der Waals surface area contributed by atoms with E-state index in [0.29, 0.717) is 18.0 Å². The molecule has 1 aromatic heterocycles. The van der Waals surface area contributed by atoms with Crippen LogP contribution in [0.1, 0.15) is 17.9 Å². The number of amides is 1. The number of methoxy groups -OCH3 is 1. The second kappa shape index (κ2) is 10.4. The van der Waals surface area contributed by atoms with Crippen LogP contribution in [0.4, 0.5) is 10.1 Å². The summed E-state index contributed by atoms with van der Waals surface area (Å²) in [7, 11) is 1.61. The minimum atomic E-state index is -0.393. The lowest BCUT2D eigenvalue weighted by Gasteiger charge is -2.21. The zero-order valence-corrected chi connectivity index (χ0v) is 17.1. The van der Waals surface area contributed by atoms with E-state index in [-0.39, 0.29) is 29.8 Å². The average Bonchev–Trinajstić information content (AvgIpc) is 3.21. The Hall–Kier alpha value is -3.38. The molecule has 0 aliphatic heterocycles. The number of aromatic nitrogens is 2. The number of hydrogen-bond donors (Lipinski definition) is 0. The highest BCUT2D eigenvalue weighted by Gasteiger charge is 2.18. The van der Waals surface area contributed by atoms with E-state index in [2.05, 4.69) is 10.2 Å². The Bertz CT molecular complexity index is 1020. The molecule has 7 nitrogen and oxygen atoms in total. The van der Waals surface area contributed by atoms with Crippen molar-refractivity contribution in [1.29, 1.82) is 5.26 Å². The fraction of sp³-hybridized carbons (Fsp3) is 0.238. The van der Waals surface area contributed by atoms with Crippen molar-refractivity contribution in [3.05, 3.63) is 65.8 Å². The molecule has 0 aliphatic rings. The number of benzene rings is 2. The van der Waals surface area contributed by atoms with Crippen LogP contribution >= 0.6 is 11.8 Å². The van der Waals surface area contributed by atoms with Gasteiger partial charge >= 0.3 is 0 Å². The molecule has 2 aromatic carbocycles. The molecule has 0 spiro atoms. The third kappa shape index (κ3) is 5.81. The molecule has 3 rings (SSSR count). The smallest absolute Gasteiger partial charge is 0.277 e. The van der Waals surface area contributed by atoms with E-state index in [1.807, 2.05) is 30.3 Å². The fourth-order valence-corrected chi connectivity index (χ4v) is 3.32. The summed E-state index contributed by atoms with van der Waals surface area (Å²) in [5.41, 5.74) is 1.52. The van der Waals surface area contributed by atoms with Crippen LogP contribution in [0.2, 0.25) is 0 Å². The Morgan fingerprint density at radius 1 is 1.20 bits per heavy atom. The van der Waals surface area contributed by atoms with Crippen molar-refractivity contribution in [1.82, 2.24) is 10.2 Å². The summed E-state index contributed by atoms with van der Waals surface area (Å²) in [5.74, 6) is 0.622. The summed E-state index contributed by atoms with van der Waals surface area (Å²) in [4.78, 5) is 14.1. The number of nitriles is 1. The van der Waals surface area contributed by atoms with Gasteiger partial charge in [-0.1, -0.05) is 23.9 Å². The Labute approximate surface area is 177 Å². The van der Waals surface area contributed by atoms with Gasteiger partial charge in [-0.3, -0.25) is 4.79 Å². The third-order valence-electron chi connectivity index (χ3n) is 4.17. The van der Waals surface area contributed by atoms with Gasteiger partial charge in [-0.05, 0) is 42.0 Å². The predicted molar refractivity (Wildman–Crippen MR) is 110 cm³/mol. The first-order valence-electron chi connectivity index (χ1n) is 9.10. The number of thioether (sulfide) groups is 1. The quantitative estimate of drug-likeness (QED) is 0.480. The Morgan fingerprint density at radius 2 is 1.93 bits per heavy atom. The van der Waals surface area contributed by atoms with Gasteiger partial charge in [-0.2, -0.15) is 5.26 Å². The highest BCUT2D eigenvalue weighted by molar-refractivity contribution is 7.99. The van der Waals surface area contributed by atoms with Gasteiger partial charge in [0.25, 0.3) is 5.22 Å². The Morgan fingerprint density at radius 3 is 2.60 bits per heavy atom. The largest absolute Gasteiger partial charge is 0.497 e. The maximum Gasteiger partial charge on any atom is 0.277 e. The minimum absolute atomic E-state index is 0.0486. The molecule has 0 bridgehead atoms. The molecule has 0 aliphatic carbocycles. The van der Waals surface area contributed by atoms with Gasteiger partial charge in [-0.15, -0.1) is 10.2 Å². The van der Waals surface area contributed by atoms with Gasteiger partial charge in [0.2, 0.25) is 11.8 Å². The molecule has 1 amide bonds. The molecule has 0 fully saturated rings. The maximum atomic E-state index is 13.2. The van der Waals surface area contributed by atoms with Crippen LogP contribution in [0.15, 0.2) is 58.2 Å². The van der Waals surface area contributed by atoms with Gasteiger partial charge < -0.3 is 14.1 Å². The lowest BCUT2D eigenvalue weighted by Crippen LogP contribution is -2.33. The second-order valence-corrected chi connectivity index (χ2v) is 7.13. The van der Waals surface area contributed by atoms with Gasteiger partial charge in [0.1, 0.15) is 11.6 Å². The van der Waals surface area contributed by atoms with Crippen LogP contribution in [0.3, 0.4) is 0 Å². The topological polar surface area (TPSA) is 92.3 Å². The van der Waals surface area contributed by atoms with Gasteiger partial charge in [0, 0.05) is 12.2 Å². The maximum absolute atomic E-state index is 13.2. The van der Waals surface area contributed by atoms with Crippen LogP contribution < -0.4 is 9.64 Å². The minimum Gasteiger partial charge on any atom is -0.497 e. The van der Waals surface area contributed by atoms with Crippen molar-refractivity contribution in [2.75, 3.05) is 24.3 Å². The normalized spacial score (nSPS) is 10.4. The van der Waals surface area contributed by atoms with Crippen LogP contribution in [0.25, 0.3) is 0 Å². The highest BCUT2D eigenvalue weighted by atomic mass is 32.2. The van der Waals surface area contributed by atoms with Crippen molar-refractivity contribution < 1.29 is 18.3 Å². The van der Waals surface area contributed by atoms with Crippen LogP contribution in [0, 0.1) is 17.1 Å². The van der Waals surface area contributed by atoms with Crippen LogP contribution in [-0.2, 0) is 11.2 Å². The van der Waals surface area contributed by atoms with E-state index < -0.39 is 5.82 Å². The van der Waals surface area contributed by atoms with Crippen LogP contribution in [0.5, 0.6) is 5.75 Å². The molecule has 0 saturated carbocycles. The predicted octanol–water partition coefficient (Wildman–Crippen LogP) is 3.85. The number of rotatable bonds is 9. The molecule has 9 heteroatoms. The molecule has 0 radical (unpaired) electrons. The standard InChI is InChI=1S/C21H19FN4O3S/c1-28-18-9-3-15(4-10-18)13-19-24-25-21(29-19)30-14-20(27)26(12-2-11-23)17-7-5-16(22)6-8-17/h3-10H,2,12-14H2,1H3. The molecule has 1 heterocycles. The highest BCUT2D eigenvalue weighted by Crippen LogP contribution is 2.22. The number of nitrogens with zero attached hydrogens (tertiary/aromatic N) is 4. The number of carbonyl (C=O) groups excluding carboxylic acids is 1. The van der Waals surface area contributed by atoms with E-state index in [4.69, 9.17) is 14.4 Å². The SMILES string of the molecule is COc1ccc(Cc2nnc(SCC(=O)N(CCC#N)c3ccc(F)cc3)o2)cc1. The molecule has 30 heavy (non-hydrogen) atoms. The van der Waals surface area contributed by atoms with Gasteiger partial charge in [0.05, 0.1) is 31.8 Å². The molecule has 0 atom stereocenters. The molecule has 154 valence electrons. The summed E-state index contributed by atoms with van der Waals surface area (Å²) < 4.78 is 23.9. The lowest BCUT2D eigenvalue weighted by atomic mass is 10.1. The summed E-state index contributed by atoms with van der Waals surface area (Å²) in [5, 5.41) is 17.1. The van der Waals surface area contributed by atoms with Gasteiger partial charge in [-0.25, -0.2) is 4.39 Å².